The van der Waals surface area contributed by atoms with Gasteiger partial charge in [-0.1, -0.05) is 6.07 Å². The highest BCUT2D eigenvalue weighted by molar-refractivity contribution is 5.78. The fourth-order valence-corrected chi connectivity index (χ4v) is 1.43. The molecular formula is C10H12N2O3. The van der Waals surface area contributed by atoms with E-state index in [1.54, 1.807) is 12.1 Å². The van der Waals surface area contributed by atoms with Crippen molar-refractivity contribution in [3.05, 3.63) is 23.8 Å². The number of hydrazine groups is 1. The highest BCUT2D eigenvalue weighted by Gasteiger charge is 2.12. The van der Waals surface area contributed by atoms with E-state index in [4.69, 9.17) is 15.3 Å². The zero-order valence-corrected chi connectivity index (χ0v) is 8.16. The third-order valence-corrected chi connectivity index (χ3v) is 2.13. The summed E-state index contributed by atoms with van der Waals surface area (Å²) in [6.45, 7) is 1.11. The molecule has 0 radical (unpaired) electrons. The Morgan fingerprint density at radius 2 is 2.07 bits per heavy atom. The lowest BCUT2D eigenvalue weighted by Crippen LogP contribution is -2.31. The number of amides is 1. The molecule has 15 heavy (non-hydrogen) atoms. The molecule has 0 fully saturated rings. The average Bonchev–Trinajstić information content (AvgIpc) is 2.29. The first-order valence-corrected chi connectivity index (χ1v) is 4.67. The molecule has 1 aromatic rings. The van der Waals surface area contributed by atoms with E-state index in [0.29, 0.717) is 19.0 Å². The molecule has 5 heteroatoms. The number of nitrogens with one attached hydrogen (secondary N) is 1. The third-order valence-electron chi connectivity index (χ3n) is 2.13. The zero-order valence-electron chi connectivity index (χ0n) is 8.16. The van der Waals surface area contributed by atoms with Crippen LogP contribution in [0.25, 0.3) is 0 Å². The van der Waals surface area contributed by atoms with Crippen LogP contribution >= 0.6 is 0 Å². The molecule has 0 bridgehead atoms. The van der Waals surface area contributed by atoms with Crippen LogP contribution in [0.2, 0.25) is 0 Å². The lowest BCUT2D eigenvalue weighted by molar-refractivity contribution is -0.120. The first-order valence-electron chi connectivity index (χ1n) is 4.67. The van der Waals surface area contributed by atoms with Crippen molar-refractivity contribution >= 4 is 5.91 Å². The molecule has 0 saturated carbocycles. The summed E-state index contributed by atoms with van der Waals surface area (Å²) in [6.07, 6.45) is 0.243. The molecule has 1 heterocycles. The van der Waals surface area contributed by atoms with E-state index in [1.165, 1.54) is 0 Å². The summed E-state index contributed by atoms with van der Waals surface area (Å²) in [5, 5.41) is 0. The number of rotatable bonds is 2. The van der Waals surface area contributed by atoms with Crippen LogP contribution in [-0.4, -0.2) is 19.1 Å². The van der Waals surface area contributed by atoms with Gasteiger partial charge in [0.2, 0.25) is 5.91 Å². The van der Waals surface area contributed by atoms with Crippen molar-refractivity contribution in [3.8, 4) is 11.5 Å². The fraction of sp³-hybridized carbons (Fsp3) is 0.300. The molecule has 5 nitrogen and oxygen atoms in total. The fourth-order valence-electron chi connectivity index (χ4n) is 1.43. The molecule has 0 saturated heterocycles. The van der Waals surface area contributed by atoms with E-state index < -0.39 is 0 Å². The van der Waals surface area contributed by atoms with Crippen molar-refractivity contribution in [1.29, 1.82) is 0 Å². The van der Waals surface area contributed by atoms with Crippen LogP contribution in [0, 0.1) is 0 Å². The van der Waals surface area contributed by atoms with Crippen molar-refractivity contribution in [2.75, 3.05) is 13.2 Å². The van der Waals surface area contributed by atoms with E-state index in [0.717, 1.165) is 11.3 Å². The highest BCUT2D eigenvalue weighted by Crippen LogP contribution is 2.30. The van der Waals surface area contributed by atoms with Crippen LogP contribution in [-0.2, 0) is 11.2 Å². The summed E-state index contributed by atoms with van der Waals surface area (Å²) in [5.41, 5.74) is 2.93. The average molecular weight is 208 g/mol. The van der Waals surface area contributed by atoms with E-state index in [2.05, 4.69) is 5.43 Å². The van der Waals surface area contributed by atoms with E-state index in [-0.39, 0.29) is 12.3 Å². The second kappa shape index (κ2) is 4.18. The first-order chi connectivity index (χ1) is 7.29. The highest BCUT2D eigenvalue weighted by atomic mass is 16.6. The second-order valence-corrected chi connectivity index (χ2v) is 3.22. The molecule has 0 atom stereocenters. The number of fused-ring (bicyclic) bond motifs is 1. The summed E-state index contributed by atoms with van der Waals surface area (Å²) in [4.78, 5) is 11.0. The molecule has 1 aliphatic rings. The van der Waals surface area contributed by atoms with Crippen LogP contribution < -0.4 is 20.7 Å². The molecule has 3 N–H and O–H groups in total. The quantitative estimate of drug-likeness (QED) is 0.407. The topological polar surface area (TPSA) is 73.6 Å². The van der Waals surface area contributed by atoms with Gasteiger partial charge in [0.25, 0.3) is 0 Å². The summed E-state index contributed by atoms with van der Waals surface area (Å²) in [6, 6.07) is 5.42. The van der Waals surface area contributed by atoms with Gasteiger partial charge in [0, 0.05) is 0 Å². The summed E-state index contributed by atoms with van der Waals surface area (Å²) in [5.74, 6) is 6.18. The number of hydrogen-bond acceptors (Lipinski definition) is 4. The number of hydrogen-bond donors (Lipinski definition) is 2. The molecule has 1 aliphatic heterocycles. The maximum absolute atomic E-state index is 11.0. The Kier molecular flexibility index (Phi) is 2.73. The van der Waals surface area contributed by atoms with Gasteiger partial charge in [-0.05, 0) is 17.7 Å². The van der Waals surface area contributed by atoms with Gasteiger partial charge < -0.3 is 9.47 Å². The summed E-state index contributed by atoms with van der Waals surface area (Å²) >= 11 is 0. The van der Waals surface area contributed by atoms with Crippen molar-refractivity contribution < 1.29 is 14.3 Å². The summed E-state index contributed by atoms with van der Waals surface area (Å²) in [7, 11) is 0. The minimum Gasteiger partial charge on any atom is -0.486 e. The van der Waals surface area contributed by atoms with Gasteiger partial charge in [0.05, 0.1) is 6.42 Å². The van der Waals surface area contributed by atoms with Crippen LogP contribution in [0.15, 0.2) is 18.2 Å². The van der Waals surface area contributed by atoms with Crippen LogP contribution in [0.5, 0.6) is 11.5 Å². The van der Waals surface area contributed by atoms with Crippen molar-refractivity contribution in [2.45, 2.75) is 6.42 Å². The molecule has 0 aromatic heterocycles. The number of benzene rings is 1. The maximum Gasteiger partial charge on any atom is 0.238 e. The molecule has 80 valence electrons. The number of carbonyl (C=O) groups excluding carboxylic acids is 1. The van der Waals surface area contributed by atoms with E-state index in [9.17, 15) is 4.79 Å². The number of ether oxygens (including phenoxy) is 2. The van der Waals surface area contributed by atoms with Crippen molar-refractivity contribution in [3.63, 3.8) is 0 Å². The van der Waals surface area contributed by atoms with Gasteiger partial charge in [-0.2, -0.15) is 0 Å². The van der Waals surface area contributed by atoms with Crippen LogP contribution in [0.1, 0.15) is 5.56 Å². The Labute approximate surface area is 87.1 Å². The second-order valence-electron chi connectivity index (χ2n) is 3.22. The minimum absolute atomic E-state index is 0.230. The molecule has 2 rings (SSSR count). The molecule has 1 amide bonds. The molecule has 0 aliphatic carbocycles. The van der Waals surface area contributed by atoms with Gasteiger partial charge in [-0.3, -0.25) is 10.2 Å². The standard InChI is InChI=1S/C10H12N2O3/c11-12-10(13)6-7-1-2-8-9(5-7)15-4-3-14-8/h1-2,5H,3-4,6,11H2,(H,12,13). The molecule has 0 spiro atoms. The Balaban J connectivity index is 2.17. The monoisotopic (exact) mass is 208 g/mol. The normalized spacial score (nSPS) is 13.4. The minimum atomic E-state index is -0.230. The lowest BCUT2D eigenvalue weighted by atomic mass is 10.1. The zero-order chi connectivity index (χ0) is 10.7. The van der Waals surface area contributed by atoms with Crippen molar-refractivity contribution in [1.82, 2.24) is 5.43 Å². The maximum atomic E-state index is 11.0. The lowest BCUT2D eigenvalue weighted by Gasteiger charge is -2.18. The van der Waals surface area contributed by atoms with Gasteiger partial charge in [-0.15, -0.1) is 0 Å². The predicted octanol–water partition coefficient (Wildman–Crippen LogP) is -0.00980. The molecule has 0 unspecified atom stereocenters. The summed E-state index contributed by atoms with van der Waals surface area (Å²) < 4.78 is 10.8. The number of carbonyl (C=O) groups is 1. The van der Waals surface area contributed by atoms with Crippen molar-refractivity contribution in [2.24, 2.45) is 5.84 Å². The third kappa shape index (κ3) is 2.19. The Morgan fingerprint density at radius 3 is 2.80 bits per heavy atom. The molecule has 1 aromatic carbocycles. The first kappa shape index (κ1) is 9.79. The predicted molar refractivity (Wildman–Crippen MR) is 53.5 cm³/mol. The van der Waals surface area contributed by atoms with Gasteiger partial charge in [0.15, 0.2) is 11.5 Å². The Hall–Kier alpha value is -1.75. The van der Waals surface area contributed by atoms with Gasteiger partial charge in [0.1, 0.15) is 13.2 Å². The van der Waals surface area contributed by atoms with Gasteiger partial charge >= 0.3 is 0 Å². The number of nitrogens with two attached hydrogens (primary N) is 1. The van der Waals surface area contributed by atoms with E-state index in [1.807, 2.05) is 6.07 Å². The van der Waals surface area contributed by atoms with Crippen LogP contribution in [0.3, 0.4) is 0 Å². The SMILES string of the molecule is NNC(=O)Cc1ccc2c(c1)OCCO2. The smallest absolute Gasteiger partial charge is 0.238 e. The molecular weight excluding hydrogens is 196 g/mol. The van der Waals surface area contributed by atoms with Gasteiger partial charge in [-0.25, -0.2) is 5.84 Å². The Bertz CT molecular complexity index is 379. The Morgan fingerprint density at radius 1 is 1.33 bits per heavy atom. The van der Waals surface area contributed by atoms with E-state index >= 15 is 0 Å². The van der Waals surface area contributed by atoms with Crippen LogP contribution in [0.4, 0.5) is 0 Å². The largest absolute Gasteiger partial charge is 0.486 e.